The third-order valence-electron chi connectivity index (χ3n) is 6.53. The normalized spacial score (nSPS) is 12.9. The predicted molar refractivity (Wildman–Crippen MR) is 141 cm³/mol. The van der Waals surface area contributed by atoms with E-state index >= 15 is 0 Å². The number of halogens is 2. The van der Waals surface area contributed by atoms with E-state index in [1.54, 1.807) is 53.6 Å². The molecule has 0 saturated heterocycles. The molecule has 0 saturated carbocycles. The van der Waals surface area contributed by atoms with Gasteiger partial charge >= 0.3 is 0 Å². The molecule has 5 rings (SSSR count). The van der Waals surface area contributed by atoms with E-state index in [0.717, 1.165) is 16.5 Å². The number of hydrogen-bond donors (Lipinski definition) is 2. The molecule has 4 aromatic rings. The lowest BCUT2D eigenvalue weighted by atomic mass is 9.94. The van der Waals surface area contributed by atoms with Crippen LogP contribution in [0, 0.1) is 5.82 Å². The quantitative estimate of drug-likeness (QED) is 0.360. The number of H-pyrrole nitrogens is 1. The van der Waals surface area contributed by atoms with Gasteiger partial charge in [0.2, 0.25) is 5.91 Å². The van der Waals surface area contributed by atoms with Gasteiger partial charge in [0.25, 0.3) is 11.5 Å². The summed E-state index contributed by atoms with van der Waals surface area (Å²) in [7, 11) is 0. The summed E-state index contributed by atoms with van der Waals surface area (Å²) in [5.74, 6) is -0.715. The molecule has 2 amide bonds. The molecule has 0 bridgehead atoms. The SMILES string of the molecule is O=C(Nc1ccc2cc[nH]c(=O)c2c1)c1cccc2c1CN(C(=O)CCc1ccc(Br)cc1F)CC2. The first kappa shape index (κ1) is 23.9. The van der Waals surface area contributed by atoms with Crippen LogP contribution in [-0.2, 0) is 24.2 Å². The zero-order valence-electron chi connectivity index (χ0n) is 19.3. The number of fused-ring (bicyclic) bond motifs is 2. The van der Waals surface area contributed by atoms with Crippen molar-refractivity contribution in [1.29, 1.82) is 0 Å². The van der Waals surface area contributed by atoms with Crippen LogP contribution in [0.5, 0.6) is 0 Å². The van der Waals surface area contributed by atoms with E-state index in [9.17, 15) is 18.8 Å². The summed E-state index contributed by atoms with van der Waals surface area (Å²) in [4.78, 5) is 42.7. The number of nitrogens with zero attached hydrogens (tertiary/aromatic N) is 1. The van der Waals surface area contributed by atoms with Crippen LogP contribution in [0.25, 0.3) is 10.8 Å². The molecule has 2 heterocycles. The van der Waals surface area contributed by atoms with Gasteiger partial charge in [-0.1, -0.05) is 40.2 Å². The number of pyridine rings is 1. The van der Waals surface area contributed by atoms with Crippen LogP contribution in [0.15, 0.2) is 76.1 Å². The van der Waals surface area contributed by atoms with Gasteiger partial charge in [-0.2, -0.15) is 0 Å². The van der Waals surface area contributed by atoms with Gasteiger partial charge in [0.05, 0.1) is 0 Å². The molecule has 8 heteroatoms. The first-order valence-corrected chi connectivity index (χ1v) is 12.4. The van der Waals surface area contributed by atoms with Gasteiger partial charge in [-0.15, -0.1) is 0 Å². The van der Waals surface area contributed by atoms with E-state index in [0.29, 0.717) is 52.6 Å². The Bertz CT molecular complexity index is 1550. The Hall–Kier alpha value is -3.78. The zero-order valence-corrected chi connectivity index (χ0v) is 20.9. The third kappa shape index (κ3) is 4.95. The van der Waals surface area contributed by atoms with Gasteiger partial charge in [-0.3, -0.25) is 14.4 Å². The Kier molecular flexibility index (Phi) is 6.69. The molecule has 0 unspecified atom stereocenters. The van der Waals surface area contributed by atoms with Crippen LogP contribution in [0.2, 0.25) is 0 Å². The number of rotatable bonds is 5. The summed E-state index contributed by atoms with van der Waals surface area (Å²) in [5.41, 5.74) is 3.12. The van der Waals surface area contributed by atoms with E-state index in [1.807, 2.05) is 12.1 Å². The highest BCUT2D eigenvalue weighted by Crippen LogP contribution is 2.25. The highest BCUT2D eigenvalue weighted by Gasteiger charge is 2.25. The van der Waals surface area contributed by atoms with Crippen molar-refractivity contribution in [2.24, 2.45) is 0 Å². The Labute approximate surface area is 215 Å². The maximum atomic E-state index is 14.2. The first-order chi connectivity index (χ1) is 17.4. The summed E-state index contributed by atoms with van der Waals surface area (Å²) < 4.78 is 14.8. The Balaban J connectivity index is 1.31. The van der Waals surface area contributed by atoms with Crippen LogP contribution in [-0.4, -0.2) is 28.2 Å². The third-order valence-corrected chi connectivity index (χ3v) is 7.02. The van der Waals surface area contributed by atoms with Crippen molar-refractivity contribution in [3.63, 3.8) is 0 Å². The summed E-state index contributed by atoms with van der Waals surface area (Å²) in [6.45, 7) is 0.866. The van der Waals surface area contributed by atoms with E-state index in [4.69, 9.17) is 0 Å². The number of benzene rings is 3. The maximum absolute atomic E-state index is 14.2. The molecule has 2 N–H and O–H groups in total. The van der Waals surface area contributed by atoms with Gasteiger partial charge in [0, 0.05) is 46.8 Å². The summed E-state index contributed by atoms with van der Waals surface area (Å²) >= 11 is 3.24. The van der Waals surface area contributed by atoms with Crippen molar-refractivity contribution in [2.45, 2.75) is 25.8 Å². The summed E-state index contributed by atoms with van der Waals surface area (Å²) in [6.07, 6.45) is 2.72. The number of carbonyl (C=O) groups excluding carboxylic acids is 2. The predicted octanol–water partition coefficient (Wildman–Crippen LogP) is 5.20. The molecule has 1 aliphatic heterocycles. The number of nitrogens with one attached hydrogen (secondary N) is 2. The number of carbonyl (C=O) groups is 2. The fraction of sp³-hybridized carbons (Fsp3) is 0.179. The van der Waals surface area contributed by atoms with Crippen molar-refractivity contribution < 1.29 is 14.0 Å². The fourth-order valence-electron chi connectivity index (χ4n) is 4.59. The molecule has 1 aromatic heterocycles. The van der Waals surface area contributed by atoms with Gasteiger partial charge in [0.1, 0.15) is 5.82 Å². The van der Waals surface area contributed by atoms with E-state index in [1.165, 1.54) is 6.07 Å². The van der Waals surface area contributed by atoms with Crippen molar-refractivity contribution in [3.05, 3.63) is 110 Å². The largest absolute Gasteiger partial charge is 0.338 e. The van der Waals surface area contributed by atoms with Crippen LogP contribution >= 0.6 is 15.9 Å². The number of aryl methyl sites for hydroxylation is 1. The van der Waals surface area contributed by atoms with Gasteiger partial charge in [-0.05, 0) is 71.3 Å². The number of aromatic nitrogens is 1. The Morgan fingerprint density at radius 3 is 2.78 bits per heavy atom. The second kappa shape index (κ2) is 10.1. The molecule has 0 aliphatic carbocycles. The highest BCUT2D eigenvalue weighted by molar-refractivity contribution is 9.10. The van der Waals surface area contributed by atoms with Crippen molar-refractivity contribution >= 4 is 44.2 Å². The number of aromatic amines is 1. The lowest BCUT2D eigenvalue weighted by Crippen LogP contribution is -2.37. The topological polar surface area (TPSA) is 82.3 Å². The average molecular weight is 548 g/mol. The first-order valence-electron chi connectivity index (χ1n) is 11.6. The molecule has 0 spiro atoms. The molecule has 1 aliphatic rings. The van der Waals surface area contributed by atoms with E-state index in [-0.39, 0.29) is 29.6 Å². The molecule has 0 atom stereocenters. The van der Waals surface area contributed by atoms with Crippen molar-refractivity contribution in [2.75, 3.05) is 11.9 Å². The Morgan fingerprint density at radius 1 is 1.08 bits per heavy atom. The number of hydrogen-bond acceptors (Lipinski definition) is 3. The standard InChI is InChI=1S/C28H23BrFN3O3/c29-20-7-4-19(25(30)14-20)6-9-26(34)33-13-11-17-2-1-3-22(24(17)16-33)28(36)32-21-8-5-18-10-12-31-27(35)23(18)15-21/h1-5,7-8,10,12,14-15H,6,9,11,13,16H2,(H,31,35)(H,32,36). The van der Waals surface area contributed by atoms with Gasteiger partial charge in [-0.25, -0.2) is 4.39 Å². The molecular weight excluding hydrogens is 525 g/mol. The Morgan fingerprint density at radius 2 is 1.94 bits per heavy atom. The van der Waals surface area contributed by atoms with Crippen LogP contribution in [0.4, 0.5) is 10.1 Å². The number of amides is 2. The fourth-order valence-corrected chi connectivity index (χ4v) is 4.92. The zero-order chi connectivity index (χ0) is 25.2. The molecule has 6 nitrogen and oxygen atoms in total. The lowest BCUT2D eigenvalue weighted by molar-refractivity contribution is -0.132. The molecular formula is C28H23BrFN3O3. The molecule has 0 fully saturated rings. The van der Waals surface area contributed by atoms with Crippen LogP contribution in [0.3, 0.4) is 0 Å². The highest BCUT2D eigenvalue weighted by atomic mass is 79.9. The minimum absolute atomic E-state index is 0.0769. The van der Waals surface area contributed by atoms with Gasteiger partial charge < -0.3 is 15.2 Å². The van der Waals surface area contributed by atoms with Gasteiger partial charge in [0.15, 0.2) is 0 Å². The maximum Gasteiger partial charge on any atom is 0.256 e. The van der Waals surface area contributed by atoms with Crippen LogP contribution in [0.1, 0.15) is 33.5 Å². The molecule has 0 radical (unpaired) electrons. The minimum atomic E-state index is -0.337. The molecule has 36 heavy (non-hydrogen) atoms. The second-order valence-corrected chi connectivity index (χ2v) is 9.72. The minimum Gasteiger partial charge on any atom is -0.338 e. The monoisotopic (exact) mass is 547 g/mol. The molecule has 182 valence electrons. The van der Waals surface area contributed by atoms with E-state index < -0.39 is 0 Å². The summed E-state index contributed by atoms with van der Waals surface area (Å²) in [6, 6.07) is 17.4. The summed E-state index contributed by atoms with van der Waals surface area (Å²) in [5, 5.41) is 4.16. The number of anilines is 1. The lowest BCUT2D eigenvalue weighted by Gasteiger charge is -2.30. The van der Waals surface area contributed by atoms with Crippen molar-refractivity contribution in [3.8, 4) is 0 Å². The molecule has 3 aromatic carbocycles. The van der Waals surface area contributed by atoms with Crippen LogP contribution < -0.4 is 10.9 Å². The second-order valence-electron chi connectivity index (χ2n) is 8.81. The van der Waals surface area contributed by atoms with Crippen molar-refractivity contribution in [1.82, 2.24) is 9.88 Å². The average Bonchev–Trinajstić information content (AvgIpc) is 2.88. The van der Waals surface area contributed by atoms with E-state index in [2.05, 4.69) is 26.2 Å². The smallest absolute Gasteiger partial charge is 0.256 e.